The van der Waals surface area contributed by atoms with E-state index in [2.05, 4.69) is 15.2 Å². The number of aromatic nitrogens is 3. The van der Waals surface area contributed by atoms with Crippen molar-refractivity contribution in [3.63, 3.8) is 0 Å². The summed E-state index contributed by atoms with van der Waals surface area (Å²) in [6, 6.07) is 0. The second-order valence-corrected chi connectivity index (χ2v) is 6.86. The van der Waals surface area contributed by atoms with E-state index in [0.29, 0.717) is 5.92 Å². The molecule has 0 saturated heterocycles. The van der Waals surface area contributed by atoms with Crippen molar-refractivity contribution in [2.45, 2.75) is 38.1 Å². The highest BCUT2D eigenvalue weighted by molar-refractivity contribution is 5.19. The molecule has 1 aliphatic heterocycles. The topological polar surface area (TPSA) is 43.2 Å². The van der Waals surface area contributed by atoms with Crippen LogP contribution >= 0.6 is 0 Å². The maximum atomic E-state index is 5.95. The van der Waals surface area contributed by atoms with Crippen LogP contribution in [0.1, 0.15) is 43.0 Å². The fourth-order valence-corrected chi connectivity index (χ4v) is 3.29. The number of aryl methyl sites for hydroxylation is 1. The van der Waals surface area contributed by atoms with Crippen LogP contribution in [0.4, 0.5) is 0 Å². The summed E-state index contributed by atoms with van der Waals surface area (Å²) in [5.41, 5.74) is 2.47. The molecule has 2 aliphatic carbocycles. The van der Waals surface area contributed by atoms with Crippen LogP contribution < -0.4 is 0 Å². The van der Waals surface area contributed by atoms with Crippen molar-refractivity contribution in [2.24, 2.45) is 18.9 Å². The van der Waals surface area contributed by atoms with E-state index < -0.39 is 0 Å². The lowest BCUT2D eigenvalue weighted by atomic mass is 9.98. The first kappa shape index (κ1) is 12.8. The molecule has 0 radical (unpaired) electrons. The molecule has 3 aliphatic rings. The third kappa shape index (κ3) is 2.74. The molecule has 5 nitrogen and oxygen atoms in total. The predicted molar refractivity (Wildman–Crippen MR) is 75.3 cm³/mol. The highest BCUT2D eigenvalue weighted by Crippen LogP contribution is 2.34. The molecule has 5 heteroatoms. The van der Waals surface area contributed by atoms with Crippen molar-refractivity contribution in [3.8, 4) is 0 Å². The summed E-state index contributed by atoms with van der Waals surface area (Å²) < 4.78 is 7.90. The number of hydrogen-bond donors (Lipinski definition) is 0. The van der Waals surface area contributed by atoms with Gasteiger partial charge in [-0.3, -0.25) is 9.58 Å². The van der Waals surface area contributed by atoms with Crippen LogP contribution in [-0.2, 0) is 18.3 Å². The van der Waals surface area contributed by atoms with Crippen molar-refractivity contribution in [1.29, 1.82) is 0 Å². The maximum absolute atomic E-state index is 5.95. The van der Waals surface area contributed by atoms with Gasteiger partial charge in [0.05, 0.1) is 12.3 Å². The molecule has 20 heavy (non-hydrogen) atoms. The van der Waals surface area contributed by atoms with Crippen LogP contribution in [0.15, 0.2) is 0 Å². The smallest absolute Gasteiger partial charge is 0.100 e. The van der Waals surface area contributed by atoms with Gasteiger partial charge in [0.1, 0.15) is 5.69 Å². The number of rotatable bonds is 6. The lowest BCUT2D eigenvalue weighted by molar-refractivity contribution is 0.0872. The van der Waals surface area contributed by atoms with Crippen molar-refractivity contribution in [1.82, 2.24) is 19.9 Å². The molecule has 0 N–H and O–H groups in total. The molecule has 0 amide bonds. The molecule has 4 rings (SSSR count). The van der Waals surface area contributed by atoms with E-state index in [0.717, 1.165) is 38.1 Å². The Kier molecular flexibility index (Phi) is 3.27. The van der Waals surface area contributed by atoms with Gasteiger partial charge in [0.2, 0.25) is 0 Å². The van der Waals surface area contributed by atoms with Gasteiger partial charge < -0.3 is 4.74 Å². The molecule has 2 saturated carbocycles. The maximum Gasteiger partial charge on any atom is 0.100 e. The standard InChI is InChI=1S/C15H24N4O/c1-18-15-13(10-20-9-12-4-5-12)7-19(6-11-2-3-11)8-14(15)16-17-18/h11-13H,2-10H2,1H3/t13-/m0/s1. The summed E-state index contributed by atoms with van der Waals surface area (Å²) >= 11 is 0. The van der Waals surface area contributed by atoms with Crippen molar-refractivity contribution < 1.29 is 4.74 Å². The van der Waals surface area contributed by atoms with Crippen LogP contribution in [0.25, 0.3) is 0 Å². The lowest BCUT2D eigenvalue weighted by Crippen LogP contribution is -2.37. The Bertz CT molecular complexity index is 478. The number of nitrogens with zero attached hydrogens (tertiary/aromatic N) is 4. The Hall–Kier alpha value is -0.940. The molecule has 2 heterocycles. The van der Waals surface area contributed by atoms with Gasteiger partial charge >= 0.3 is 0 Å². The van der Waals surface area contributed by atoms with Crippen LogP contribution in [0.2, 0.25) is 0 Å². The molecular formula is C15H24N4O. The van der Waals surface area contributed by atoms with Crippen LogP contribution in [-0.4, -0.2) is 46.2 Å². The van der Waals surface area contributed by atoms with Gasteiger partial charge in [0, 0.05) is 39.2 Å². The van der Waals surface area contributed by atoms with Gasteiger partial charge in [-0.2, -0.15) is 0 Å². The quantitative estimate of drug-likeness (QED) is 0.790. The van der Waals surface area contributed by atoms with Crippen molar-refractivity contribution in [3.05, 3.63) is 11.4 Å². The lowest BCUT2D eigenvalue weighted by Gasteiger charge is -2.32. The first-order valence-corrected chi connectivity index (χ1v) is 7.98. The monoisotopic (exact) mass is 276 g/mol. The average Bonchev–Trinajstić information content (AvgIpc) is 3.33. The van der Waals surface area contributed by atoms with Crippen molar-refractivity contribution >= 4 is 0 Å². The zero-order valence-electron chi connectivity index (χ0n) is 12.3. The largest absolute Gasteiger partial charge is 0.380 e. The highest BCUT2D eigenvalue weighted by atomic mass is 16.5. The van der Waals surface area contributed by atoms with E-state index in [1.807, 2.05) is 11.7 Å². The van der Waals surface area contributed by atoms with Crippen LogP contribution in [0.3, 0.4) is 0 Å². The van der Waals surface area contributed by atoms with Crippen LogP contribution in [0, 0.1) is 11.8 Å². The Morgan fingerprint density at radius 1 is 1.15 bits per heavy atom. The third-order valence-corrected chi connectivity index (χ3v) is 4.77. The minimum Gasteiger partial charge on any atom is -0.380 e. The summed E-state index contributed by atoms with van der Waals surface area (Å²) in [5.74, 6) is 2.21. The van der Waals surface area contributed by atoms with E-state index in [-0.39, 0.29) is 0 Å². The molecule has 1 aromatic rings. The molecule has 1 aromatic heterocycles. The van der Waals surface area contributed by atoms with E-state index in [1.165, 1.54) is 43.6 Å². The fourth-order valence-electron chi connectivity index (χ4n) is 3.29. The van der Waals surface area contributed by atoms with E-state index in [9.17, 15) is 0 Å². The summed E-state index contributed by atoms with van der Waals surface area (Å²) in [7, 11) is 2.01. The fraction of sp³-hybridized carbons (Fsp3) is 0.867. The minimum atomic E-state index is 0.441. The van der Waals surface area contributed by atoms with Gasteiger partial charge in [0.25, 0.3) is 0 Å². The molecule has 110 valence electrons. The molecule has 1 atom stereocenters. The first-order valence-electron chi connectivity index (χ1n) is 7.98. The number of hydrogen-bond acceptors (Lipinski definition) is 4. The zero-order valence-corrected chi connectivity index (χ0v) is 12.3. The van der Waals surface area contributed by atoms with E-state index in [1.54, 1.807) is 0 Å². The summed E-state index contributed by atoms with van der Waals surface area (Å²) in [6.45, 7) is 5.08. The highest BCUT2D eigenvalue weighted by Gasteiger charge is 2.33. The second kappa shape index (κ2) is 5.11. The molecule has 2 fully saturated rings. The summed E-state index contributed by atoms with van der Waals surface area (Å²) in [5, 5.41) is 8.57. The molecule has 0 bridgehead atoms. The van der Waals surface area contributed by atoms with Gasteiger partial charge in [0.15, 0.2) is 0 Å². The van der Waals surface area contributed by atoms with Crippen LogP contribution in [0.5, 0.6) is 0 Å². The van der Waals surface area contributed by atoms with E-state index >= 15 is 0 Å². The Morgan fingerprint density at radius 3 is 2.70 bits per heavy atom. The second-order valence-electron chi connectivity index (χ2n) is 6.86. The first-order chi connectivity index (χ1) is 9.79. The van der Waals surface area contributed by atoms with Gasteiger partial charge in [-0.25, -0.2) is 0 Å². The SMILES string of the molecule is Cn1nnc2c1[C@H](COCC1CC1)CN(CC1CC1)C2. The van der Waals surface area contributed by atoms with Gasteiger partial charge in [-0.15, -0.1) is 5.10 Å². The normalized spacial score (nSPS) is 26.8. The number of ether oxygens (including phenoxy) is 1. The predicted octanol–water partition coefficient (Wildman–Crippen LogP) is 1.55. The van der Waals surface area contributed by atoms with Gasteiger partial charge in [-0.05, 0) is 37.5 Å². The molecular weight excluding hydrogens is 252 g/mol. The Morgan fingerprint density at radius 2 is 1.95 bits per heavy atom. The summed E-state index contributed by atoms with van der Waals surface area (Å²) in [4.78, 5) is 2.56. The molecule has 0 unspecified atom stereocenters. The Labute approximate surface area is 120 Å². The Balaban J connectivity index is 1.43. The molecule has 0 aromatic carbocycles. The number of fused-ring (bicyclic) bond motifs is 1. The minimum absolute atomic E-state index is 0.441. The average molecular weight is 276 g/mol. The van der Waals surface area contributed by atoms with E-state index in [4.69, 9.17) is 4.74 Å². The van der Waals surface area contributed by atoms with Gasteiger partial charge in [-0.1, -0.05) is 5.21 Å². The summed E-state index contributed by atoms with van der Waals surface area (Å²) in [6.07, 6.45) is 5.54. The molecule has 0 spiro atoms. The van der Waals surface area contributed by atoms with Crippen molar-refractivity contribution in [2.75, 3.05) is 26.3 Å². The third-order valence-electron chi connectivity index (χ3n) is 4.77. The zero-order chi connectivity index (χ0) is 13.5.